The molecule has 4 aromatic rings. The molecule has 1 atom stereocenters. The normalized spacial score (nSPS) is 11.0. The van der Waals surface area contributed by atoms with Gasteiger partial charge in [-0.05, 0) is 76.4 Å². The van der Waals surface area contributed by atoms with E-state index in [0.717, 1.165) is 22.0 Å². The van der Waals surface area contributed by atoms with Gasteiger partial charge in [0.05, 0.1) is 23.1 Å². The monoisotopic (exact) mass is 536 g/mol. The number of nitrogens with zero attached hydrogens (tertiary/aromatic N) is 4. The highest BCUT2D eigenvalue weighted by molar-refractivity contribution is 6.02. The van der Waals surface area contributed by atoms with E-state index in [4.69, 9.17) is 5.41 Å². The second-order valence-corrected chi connectivity index (χ2v) is 8.93. The minimum Gasteiger partial charge on any atom is -0.385 e. The minimum absolute atomic E-state index is 0.224. The molecule has 9 nitrogen and oxygen atoms in total. The van der Waals surface area contributed by atoms with Crippen LogP contribution in [-0.2, 0) is 4.79 Å². The maximum atomic E-state index is 12.6. The number of aromatic nitrogens is 4. The van der Waals surface area contributed by atoms with E-state index in [9.17, 15) is 4.79 Å². The van der Waals surface area contributed by atoms with E-state index >= 15 is 0 Å². The van der Waals surface area contributed by atoms with Crippen LogP contribution in [0.15, 0.2) is 42.6 Å². The quantitative estimate of drug-likeness (QED) is 0.199. The topological polar surface area (TPSA) is 129 Å². The fourth-order valence-corrected chi connectivity index (χ4v) is 3.99. The van der Waals surface area contributed by atoms with Crippen LogP contribution >= 0.6 is 0 Å². The number of hydrogen-bond acceptors (Lipinski definition) is 8. The number of benzene rings is 1. The number of hydrogen-bond donors (Lipinski definition) is 4. The summed E-state index contributed by atoms with van der Waals surface area (Å²) < 4.78 is 0. The van der Waals surface area contributed by atoms with Crippen LogP contribution in [0.3, 0.4) is 0 Å². The summed E-state index contributed by atoms with van der Waals surface area (Å²) >= 11 is 0. The van der Waals surface area contributed by atoms with Gasteiger partial charge in [0, 0.05) is 35.5 Å². The van der Waals surface area contributed by atoms with Gasteiger partial charge in [-0.3, -0.25) is 9.78 Å². The highest BCUT2D eigenvalue weighted by Gasteiger charge is 2.18. The van der Waals surface area contributed by atoms with Crippen molar-refractivity contribution in [1.29, 1.82) is 5.41 Å². The third kappa shape index (κ3) is 6.84. The SMILES string of the molecule is CC.CNc1c(C(C)=N)nc(C)nc1-c1cc(C#Cc2ccc3c(C)nccc3c2)nc(NC(=O)C(C)NC)c1. The summed E-state index contributed by atoms with van der Waals surface area (Å²) in [7, 11) is 3.48. The number of pyridine rings is 2. The lowest BCUT2D eigenvalue weighted by atomic mass is 10.1. The van der Waals surface area contributed by atoms with Crippen LogP contribution in [0, 0.1) is 31.1 Å². The van der Waals surface area contributed by atoms with Crippen LogP contribution < -0.4 is 16.0 Å². The Balaban J connectivity index is 0.00000216. The van der Waals surface area contributed by atoms with Gasteiger partial charge >= 0.3 is 0 Å². The van der Waals surface area contributed by atoms with Gasteiger partial charge in [-0.25, -0.2) is 15.0 Å². The lowest BCUT2D eigenvalue weighted by molar-refractivity contribution is -0.117. The number of carbonyl (C=O) groups excluding carboxylic acids is 1. The molecule has 0 aliphatic rings. The molecule has 0 aliphatic heterocycles. The van der Waals surface area contributed by atoms with Gasteiger partial charge in [-0.15, -0.1) is 0 Å². The highest BCUT2D eigenvalue weighted by Crippen LogP contribution is 2.30. The number of aryl methyl sites for hydroxylation is 2. The summed E-state index contributed by atoms with van der Waals surface area (Å²) in [5.41, 5.74) is 4.99. The molecule has 0 fully saturated rings. The molecule has 0 saturated heterocycles. The number of fused-ring (bicyclic) bond motifs is 1. The second-order valence-electron chi connectivity index (χ2n) is 8.93. The van der Waals surface area contributed by atoms with Crippen LogP contribution in [0.25, 0.3) is 22.0 Å². The second kappa shape index (κ2) is 13.4. The summed E-state index contributed by atoms with van der Waals surface area (Å²) in [6.45, 7) is 11.2. The number of nitrogens with one attached hydrogen (secondary N) is 4. The first-order chi connectivity index (χ1) is 19.2. The molecule has 0 spiro atoms. The Hall–Kier alpha value is -4.68. The Bertz CT molecular complexity index is 1620. The molecule has 4 rings (SSSR count). The molecular formula is C31H36N8O. The summed E-state index contributed by atoms with van der Waals surface area (Å²) in [6.07, 6.45) is 1.79. The van der Waals surface area contributed by atoms with Crippen molar-refractivity contribution in [3.63, 3.8) is 0 Å². The van der Waals surface area contributed by atoms with Gasteiger partial charge in [0.25, 0.3) is 0 Å². The van der Waals surface area contributed by atoms with Crippen LogP contribution in [0.1, 0.15) is 56.2 Å². The van der Waals surface area contributed by atoms with Crippen molar-refractivity contribution in [3.8, 4) is 23.1 Å². The Morgan fingerprint density at radius 1 is 1.00 bits per heavy atom. The minimum atomic E-state index is -0.410. The number of rotatable bonds is 6. The van der Waals surface area contributed by atoms with E-state index in [2.05, 4.69) is 47.7 Å². The molecule has 206 valence electrons. The first kappa shape index (κ1) is 29.9. The fraction of sp³-hybridized carbons (Fsp3) is 0.290. The first-order valence-electron chi connectivity index (χ1n) is 13.2. The summed E-state index contributed by atoms with van der Waals surface area (Å²) in [6, 6.07) is 11.1. The van der Waals surface area contributed by atoms with E-state index in [1.165, 1.54) is 0 Å². The van der Waals surface area contributed by atoms with Crippen LogP contribution in [0.2, 0.25) is 0 Å². The smallest absolute Gasteiger partial charge is 0.242 e. The van der Waals surface area contributed by atoms with Crippen molar-refractivity contribution in [3.05, 3.63) is 71.1 Å². The van der Waals surface area contributed by atoms with Crippen LogP contribution in [-0.4, -0.2) is 51.7 Å². The molecule has 0 aliphatic carbocycles. The molecule has 4 N–H and O–H groups in total. The zero-order valence-corrected chi connectivity index (χ0v) is 24.3. The van der Waals surface area contributed by atoms with Gasteiger partial charge in [0.1, 0.15) is 23.0 Å². The predicted octanol–water partition coefficient (Wildman–Crippen LogP) is 5.11. The molecule has 0 saturated carbocycles. The van der Waals surface area contributed by atoms with Gasteiger partial charge in [-0.1, -0.05) is 25.8 Å². The van der Waals surface area contributed by atoms with Crippen molar-refractivity contribution in [1.82, 2.24) is 25.3 Å². The maximum absolute atomic E-state index is 12.6. The molecule has 1 amide bonds. The molecule has 9 heteroatoms. The van der Waals surface area contributed by atoms with Crippen molar-refractivity contribution in [2.45, 2.75) is 47.6 Å². The lowest BCUT2D eigenvalue weighted by Crippen LogP contribution is -2.35. The largest absolute Gasteiger partial charge is 0.385 e. The number of anilines is 2. The average Bonchev–Trinajstić information content (AvgIpc) is 2.96. The molecule has 40 heavy (non-hydrogen) atoms. The molecule has 1 unspecified atom stereocenters. The third-order valence-electron chi connectivity index (χ3n) is 6.10. The third-order valence-corrected chi connectivity index (χ3v) is 6.10. The Morgan fingerprint density at radius 2 is 1.75 bits per heavy atom. The van der Waals surface area contributed by atoms with E-state index in [1.54, 1.807) is 47.1 Å². The summed E-state index contributed by atoms with van der Waals surface area (Å²) in [5, 5.41) is 19.3. The fourth-order valence-electron chi connectivity index (χ4n) is 3.99. The zero-order valence-electron chi connectivity index (χ0n) is 24.3. The molecular weight excluding hydrogens is 500 g/mol. The van der Waals surface area contributed by atoms with Gasteiger partial charge in [0.15, 0.2) is 0 Å². The first-order valence-corrected chi connectivity index (χ1v) is 13.2. The number of likely N-dealkylation sites (N-methyl/N-ethyl adjacent to an activating group) is 1. The van der Waals surface area contributed by atoms with Crippen molar-refractivity contribution in [2.75, 3.05) is 24.7 Å². The lowest BCUT2D eigenvalue weighted by Gasteiger charge is -2.15. The zero-order chi connectivity index (χ0) is 29.4. The van der Waals surface area contributed by atoms with Crippen LogP contribution in [0.4, 0.5) is 11.5 Å². The van der Waals surface area contributed by atoms with E-state index < -0.39 is 6.04 Å². The Labute approximate surface area is 235 Å². The maximum Gasteiger partial charge on any atom is 0.242 e. The summed E-state index contributed by atoms with van der Waals surface area (Å²) in [4.78, 5) is 30.7. The van der Waals surface area contributed by atoms with E-state index in [0.29, 0.717) is 45.7 Å². The van der Waals surface area contributed by atoms with Crippen molar-refractivity contribution in [2.24, 2.45) is 0 Å². The molecule has 1 aromatic carbocycles. The number of carbonyl (C=O) groups is 1. The predicted molar refractivity (Wildman–Crippen MR) is 163 cm³/mol. The van der Waals surface area contributed by atoms with Gasteiger partial charge < -0.3 is 21.4 Å². The van der Waals surface area contributed by atoms with Crippen LogP contribution in [0.5, 0.6) is 0 Å². The molecule has 3 heterocycles. The average molecular weight is 537 g/mol. The summed E-state index contributed by atoms with van der Waals surface area (Å²) in [5.74, 6) is 7.00. The molecule has 3 aromatic heterocycles. The molecule has 0 bridgehead atoms. The van der Waals surface area contributed by atoms with E-state index in [1.807, 2.05) is 51.1 Å². The van der Waals surface area contributed by atoms with Gasteiger partial charge in [0.2, 0.25) is 5.91 Å². The standard InChI is InChI=1S/C29H30N8O.C2H6/c1-16(30)26-28(32-6)27(35-19(4)34-26)22-14-23(36-25(15-22)37-29(38)18(3)31-5)9-7-20-8-10-24-17(2)33-12-11-21(24)13-20;1-2/h8,10-15,18,30-32H,1-6H3,(H,36,37,38);1-2H3. The Kier molecular flexibility index (Phi) is 10.0. The highest BCUT2D eigenvalue weighted by atomic mass is 16.2. The Morgan fingerprint density at radius 3 is 2.42 bits per heavy atom. The van der Waals surface area contributed by atoms with Crippen molar-refractivity contribution < 1.29 is 4.79 Å². The number of amides is 1. The molecule has 0 radical (unpaired) electrons. The van der Waals surface area contributed by atoms with Gasteiger partial charge in [-0.2, -0.15) is 0 Å². The van der Waals surface area contributed by atoms with Crippen molar-refractivity contribution >= 4 is 33.9 Å². The van der Waals surface area contributed by atoms with E-state index in [-0.39, 0.29) is 5.91 Å².